The Bertz CT molecular complexity index is 2110. The van der Waals surface area contributed by atoms with Crippen LogP contribution in [0, 0.1) is 34.0 Å². The van der Waals surface area contributed by atoms with Gasteiger partial charge in [0.2, 0.25) is 0 Å². The van der Waals surface area contributed by atoms with Crippen molar-refractivity contribution in [2.24, 2.45) is 0 Å². The molecule has 6 heteroatoms. The van der Waals surface area contributed by atoms with Crippen LogP contribution in [0.15, 0.2) is 66.2 Å². The zero-order chi connectivity index (χ0) is 29.3. The molecule has 41 heavy (non-hydrogen) atoms. The number of thiophene rings is 2. The monoisotopic (exact) mass is 568 g/mol. The third-order valence-corrected chi connectivity index (χ3v) is 10.1. The van der Waals surface area contributed by atoms with Gasteiger partial charge in [0.1, 0.15) is 23.8 Å². The van der Waals surface area contributed by atoms with E-state index in [1.807, 2.05) is 18.2 Å². The van der Waals surface area contributed by atoms with Crippen LogP contribution in [0.3, 0.4) is 0 Å². The molecule has 0 saturated heterocycles. The van der Waals surface area contributed by atoms with Gasteiger partial charge in [-0.25, -0.2) is 0 Å². The Labute approximate surface area is 247 Å². The zero-order valence-electron chi connectivity index (χ0n) is 23.9. The summed E-state index contributed by atoms with van der Waals surface area (Å²) in [6.45, 7) is 13.5. The van der Waals surface area contributed by atoms with E-state index in [2.05, 4.69) is 107 Å². The minimum absolute atomic E-state index is 0.0482. The second-order valence-corrected chi connectivity index (χ2v) is 14.6. The Hall–Kier alpha value is -4.41. The minimum Gasteiger partial charge on any atom is -0.309 e. The third kappa shape index (κ3) is 4.30. The lowest BCUT2D eigenvalue weighted by molar-refractivity contribution is 0.590. The smallest absolute Gasteiger partial charge is 0.148 e. The predicted octanol–water partition coefficient (Wildman–Crippen LogP) is 10.1. The Kier molecular flexibility index (Phi) is 6.09. The first-order valence-electron chi connectivity index (χ1n) is 13.4. The van der Waals surface area contributed by atoms with Crippen molar-refractivity contribution >= 4 is 69.5 Å². The standard InChI is InChI=1S/C35H28N4S2/c1-34(2,3)21-7-11-28-25(13-21)26-14-22(35(4,5)6)8-12-29(26)39(28)23-9-10-24-30(15-23)40-32-16-31(41-33(24)32)27(19-38)20(17-36)18-37/h7-16H,1-6H3. The van der Waals surface area contributed by atoms with Crippen LogP contribution >= 0.6 is 22.7 Å². The lowest BCUT2D eigenvalue weighted by Gasteiger charge is -2.19. The van der Waals surface area contributed by atoms with Crippen LogP contribution in [0.5, 0.6) is 0 Å². The summed E-state index contributed by atoms with van der Waals surface area (Å²) in [6, 6.07) is 28.0. The van der Waals surface area contributed by atoms with Crippen molar-refractivity contribution in [3.05, 3.63) is 82.2 Å². The number of nitriles is 3. The highest BCUT2D eigenvalue weighted by Gasteiger charge is 2.22. The van der Waals surface area contributed by atoms with Gasteiger partial charge in [0.15, 0.2) is 0 Å². The van der Waals surface area contributed by atoms with E-state index in [0.717, 1.165) is 25.2 Å². The van der Waals surface area contributed by atoms with E-state index in [1.54, 1.807) is 11.3 Å². The molecule has 3 aromatic carbocycles. The molecule has 0 bridgehead atoms. The number of aromatic nitrogens is 1. The van der Waals surface area contributed by atoms with Gasteiger partial charge in [-0.15, -0.1) is 22.7 Å². The molecular formula is C35H28N4S2. The molecule has 0 aliphatic heterocycles. The molecule has 0 radical (unpaired) electrons. The Morgan fingerprint density at radius 1 is 0.634 bits per heavy atom. The summed E-state index contributed by atoms with van der Waals surface area (Å²) in [5, 5.41) is 31.8. The van der Waals surface area contributed by atoms with Crippen molar-refractivity contribution in [3.63, 3.8) is 0 Å². The second-order valence-electron chi connectivity index (χ2n) is 12.5. The molecule has 6 aromatic rings. The molecular weight excluding hydrogens is 541 g/mol. The fourth-order valence-electron chi connectivity index (χ4n) is 5.41. The summed E-state index contributed by atoms with van der Waals surface area (Å²) in [4.78, 5) is 0.657. The third-order valence-electron chi connectivity index (χ3n) is 7.71. The van der Waals surface area contributed by atoms with Crippen LogP contribution in [0.1, 0.15) is 57.5 Å². The summed E-state index contributed by atoms with van der Waals surface area (Å²) in [7, 11) is 0. The average Bonchev–Trinajstić information content (AvgIpc) is 3.58. The van der Waals surface area contributed by atoms with E-state index >= 15 is 0 Å². The lowest BCUT2D eigenvalue weighted by atomic mass is 9.85. The van der Waals surface area contributed by atoms with Crippen LogP contribution in [0.2, 0.25) is 0 Å². The predicted molar refractivity (Wildman–Crippen MR) is 173 cm³/mol. The van der Waals surface area contributed by atoms with Gasteiger partial charge in [-0.05, 0) is 64.4 Å². The van der Waals surface area contributed by atoms with Gasteiger partial charge in [0, 0.05) is 36.1 Å². The molecule has 0 amide bonds. The number of fused-ring (bicyclic) bond motifs is 6. The molecule has 3 heterocycles. The second kappa shape index (κ2) is 9.32. The van der Waals surface area contributed by atoms with Gasteiger partial charge in [-0.3, -0.25) is 0 Å². The molecule has 0 N–H and O–H groups in total. The van der Waals surface area contributed by atoms with E-state index in [0.29, 0.717) is 4.88 Å². The molecule has 0 saturated carbocycles. The van der Waals surface area contributed by atoms with Crippen molar-refractivity contribution in [2.75, 3.05) is 0 Å². The maximum atomic E-state index is 9.62. The summed E-state index contributed by atoms with van der Waals surface area (Å²) < 4.78 is 5.64. The van der Waals surface area contributed by atoms with Crippen LogP contribution in [0.25, 0.3) is 52.6 Å². The van der Waals surface area contributed by atoms with Gasteiger partial charge in [-0.2, -0.15) is 15.8 Å². The fourth-order valence-corrected chi connectivity index (χ4v) is 7.97. The Morgan fingerprint density at radius 3 is 1.73 bits per heavy atom. The van der Waals surface area contributed by atoms with Crippen molar-refractivity contribution in [2.45, 2.75) is 52.4 Å². The van der Waals surface area contributed by atoms with Gasteiger partial charge in [-0.1, -0.05) is 59.7 Å². The van der Waals surface area contributed by atoms with Crippen LogP contribution in [-0.2, 0) is 10.8 Å². The highest BCUT2D eigenvalue weighted by atomic mass is 32.1. The molecule has 0 fully saturated rings. The quantitative estimate of drug-likeness (QED) is 0.195. The first-order chi connectivity index (χ1) is 19.4. The molecule has 0 spiro atoms. The molecule has 200 valence electrons. The Morgan fingerprint density at radius 2 is 1.22 bits per heavy atom. The molecule has 0 atom stereocenters. The van der Waals surface area contributed by atoms with Crippen molar-refractivity contribution in [3.8, 4) is 23.9 Å². The molecule has 3 aromatic heterocycles. The van der Waals surface area contributed by atoms with Gasteiger partial charge < -0.3 is 4.57 Å². The maximum Gasteiger partial charge on any atom is 0.148 e. The van der Waals surface area contributed by atoms with Crippen LogP contribution in [-0.4, -0.2) is 4.57 Å². The highest BCUT2D eigenvalue weighted by molar-refractivity contribution is 7.33. The zero-order valence-corrected chi connectivity index (χ0v) is 25.5. The first-order valence-corrected chi connectivity index (χ1v) is 15.1. The number of benzene rings is 3. The van der Waals surface area contributed by atoms with Crippen molar-refractivity contribution < 1.29 is 0 Å². The number of allylic oxidation sites excluding steroid dienone is 2. The molecule has 6 rings (SSSR count). The molecule has 0 unspecified atom stereocenters. The average molecular weight is 569 g/mol. The van der Waals surface area contributed by atoms with Crippen LogP contribution < -0.4 is 0 Å². The molecule has 0 aliphatic rings. The van der Waals surface area contributed by atoms with E-state index in [9.17, 15) is 15.8 Å². The number of hydrogen-bond donors (Lipinski definition) is 0. The largest absolute Gasteiger partial charge is 0.309 e. The maximum absolute atomic E-state index is 9.62. The van der Waals surface area contributed by atoms with E-state index in [1.165, 1.54) is 44.3 Å². The van der Waals surface area contributed by atoms with Gasteiger partial charge in [0.25, 0.3) is 0 Å². The fraction of sp³-hybridized carbons (Fsp3) is 0.229. The van der Waals surface area contributed by atoms with E-state index in [-0.39, 0.29) is 22.0 Å². The van der Waals surface area contributed by atoms with E-state index < -0.39 is 0 Å². The first kappa shape index (κ1) is 26.8. The van der Waals surface area contributed by atoms with E-state index in [4.69, 9.17) is 0 Å². The SMILES string of the molecule is CC(C)(C)c1ccc2c(c1)c1cc(C(C)(C)C)ccc1n2-c1ccc2c(c1)sc1cc(C(C#N)=C(C#N)C#N)sc12. The van der Waals surface area contributed by atoms with Crippen molar-refractivity contribution in [1.82, 2.24) is 4.57 Å². The highest BCUT2D eigenvalue weighted by Crippen LogP contribution is 2.44. The van der Waals surface area contributed by atoms with Gasteiger partial charge >= 0.3 is 0 Å². The minimum atomic E-state index is -0.149. The summed E-state index contributed by atoms with van der Waals surface area (Å²) in [5.41, 5.74) is 6.19. The number of rotatable bonds is 2. The molecule has 4 nitrogen and oxygen atoms in total. The normalized spacial score (nSPS) is 12.1. The molecule has 0 aliphatic carbocycles. The Balaban J connectivity index is 1.58. The number of nitrogens with zero attached hydrogens (tertiary/aromatic N) is 4. The number of hydrogen-bond acceptors (Lipinski definition) is 5. The van der Waals surface area contributed by atoms with Gasteiger partial charge in [0.05, 0.1) is 21.3 Å². The summed E-state index contributed by atoms with van der Waals surface area (Å²) in [6.07, 6.45) is 0. The van der Waals surface area contributed by atoms with Crippen LogP contribution in [0.4, 0.5) is 0 Å². The summed E-state index contributed by atoms with van der Waals surface area (Å²) in [5.74, 6) is 0. The topological polar surface area (TPSA) is 76.3 Å². The van der Waals surface area contributed by atoms with Crippen molar-refractivity contribution in [1.29, 1.82) is 15.8 Å². The lowest BCUT2D eigenvalue weighted by Crippen LogP contribution is -2.10. The summed E-state index contributed by atoms with van der Waals surface area (Å²) >= 11 is 3.13.